The van der Waals surface area contributed by atoms with Crippen molar-refractivity contribution in [3.05, 3.63) is 23.8 Å². The Balaban J connectivity index is 0.000000292. The maximum absolute atomic E-state index is 11.1. The maximum Gasteiger partial charge on any atom is 0.248 e. The third-order valence-corrected chi connectivity index (χ3v) is 3.75. The van der Waals surface area contributed by atoms with Crippen molar-refractivity contribution in [2.24, 2.45) is 5.73 Å². The van der Waals surface area contributed by atoms with Crippen molar-refractivity contribution in [3.8, 4) is 0 Å². The second-order valence-electron chi connectivity index (χ2n) is 5.59. The van der Waals surface area contributed by atoms with Crippen LogP contribution < -0.4 is 11.1 Å². The molecule has 0 bridgehead atoms. The molecule has 1 aliphatic heterocycles. The third kappa shape index (κ3) is 4.55. The van der Waals surface area contributed by atoms with Gasteiger partial charge in [0.25, 0.3) is 0 Å². The first-order valence-electron chi connectivity index (χ1n) is 8.25. The molecule has 1 aromatic heterocycles. The van der Waals surface area contributed by atoms with E-state index >= 15 is 0 Å². The minimum absolute atomic E-state index is 0.404. The number of nitrogens with zero attached hydrogens (tertiary/aromatic N) is 2. The molecule has 130 valence electrons. The fourth-order valence-electron chi connectivity index (χ4n) is 2.58. The lowest BCUT2D eigenvalue weighted by molar-refractivity contribution is -0.105. The van der Waals surface area contributed by atoms with Gasteiger partial charge in [-0.3, -0.25) is 14.9 Å². The first kappa shape index (κ1) is 17.9. The van der Waals surface area contributed by atoms with Gasteiger partial charge in [-0.1, -0.05) is 6.92 Å². The number of rotatable bonds is 5. The van der Waals surface area contributed by atoms with Crippen LogP contribution in [0.2, 0.25) is 0 Å². The Hall–Kier alpha value is -2.41. The molecule has 24 heavy (non-hydrogen) atoms. The largest absolute Gasteiger partial charge is 0.381 e. The molecule has 0 spiro atoms. The molecular formula is C17H24N4O3. The summed E-state index contributed by atoms with van der Waals surface area (Å²) in [5.74, 6) is -0.0182. The SMILES string of the molecule is C1CCOCC1.CCCn1c(NC=O)nc2cc(C(N)=O)ccc21. The Morgan fingerprint density at radius 3 is 2.62 bits per heavy atom. The summed E-state index contributed by atoms with van der Waals surface area (Å²) >= 11 is 0. The Bertz CT molecular complexity index is 681. The number of anilines is 1. The number of nitrogens with two attached hydrogens (primary N) is 1. The molecule has 0 radical (unpaired) electrons. The fraction of sp³-hybridized carbons (Fsp3) is 0.471. The zero-order valence-corrected chi connectivity index (χ0v) is 14.0. The molecular weight excluding hydrogens is 308 g/mol. The van der Waals surface area contributed by atoms with E-state index in [4.69, 9.17) is 10.5 Å². The molecule has 1 fully saturated rings. The summed E-state index contributed by atoms with van der Waals surface area (Å²) in [6, 6.07) is 5.07. The van der Waals surface area contributed by atoms with E-state index in [2.05, 4.69) is 10.3 Å². The average Bonchev–Trinajstić information content (AvgIpc) is 2.94. The van der Waals surface area contributed by atoms with Crippen molar-refractivity contribution in [2.45, 2.75) is 39.2 Å². The molecule has 2 amide bonds. The summed E-state index contributed by atoms with van der Waals surface area (Å²) in [4.78, 5) is 25.9. The van der Waals surface area contributed by atoms with Crippen molar-refractivity contribution in [3.63, 3.8) is 0 Å². The van der Waals surface area contributed by atoms with Crippen LogP contribution in [0.3, 0.4) is 0 Å². The quantitative estimate of drug-likeness (QED) is 0.821. The highest BCUT2D eigenvalue weighted by Crippen LogP contribution is 2.21. The number of imidazole rings is 1. The Labute approximate surface area is 141 Å². The highest BCUT2D eigenvalue weighted by Gasteiger charge is 2.11. The number of fused-ring (bicyclic) bond motifs is 1. The van der Waals surface area contributed by atoms with E-state index in [-0.39, 0.29) is 0 Å². The monoisotopic (exact) mass is 332 g/mol. The van der Waals surface area contributed by atoms with Gasteiger partial charge in [0.2, 0.25) is 18.3 Å². The molecule has 3 N–H and O–H groups in total. The average molecular weight is 332 g/mol. The van der Waals surface area contributed by atoms with Gasteiger partial charge < -0.3 is 15.0 Å². The fourth-order valence-corrected chi connectivity index (χ4v) is 2.58. The molecule has 0 aliphatic carbocycles. The predicted octanol–water partition coefficient (Wildman–Crippen LogP) is 2.30. The number of aromatic nitrogens is 2. The number of carbonyl (C=O) groups excluding carboxylic acids is 2. The first-order chi connectivity index (χ1) is 11.7. The lowest BCUT2D eigenvalue weighted by Gasteiger charge is -2.08. The minimum Gasteiger partial charge on any atom is -0.381 e. The van der Waals surface area contributed by atoms with Gasteiger partial charge in [0, 0.05) is 25.3 Å². The summed E-state index contributed by atoms with van der Waals surface area (Å²) in [5.41, 5.74) is 7.14. The van der Waals surface area contributed by atoms with Gasteiger partial charge in [-0.25, -0.2) is 4.98 Å². The van der Waals surface area contributed by atoms with Gasteiger partial charge in [0.05, 0.1) is 11.0 Å². The number of hydrogen-bond donors (Lipinski definition) is 2. The standard InChI is InChI=1S/C12H14N4O2.C5H10O/c1-2-5-16-10-4-3-8(11(13)18)6-9(10)15-12(16)14-7-17;1-2-4-6-5-3-1/h3-4,6-7H,2,5H2,1H3,(H2,13,18)(H,14,15,17);1-5H2. The minimum atomic E-state index is -0.494. The zero-order chi connectivity index (χ0) is 17.4. The second-order valence-corrected chi connectivity index (χ2v) is 5.59. The van der Waals surface area contributed by atoms with Gasteiger partial charge in [0.15, 0.2) is 0 Å². The van der Waals surface area contributed by atoms with Crippen molar-refractivity contribution >= 4 is 29.3 Å². The van der Waals surface area contributed by atoms with E-state index in [1.807, 2.05) is 11.5 Å². The van der Waals surface area contributed by atoms with Crippen LogP contribution in [0.1, 0.15) is 43.0 Å². The summed E-state index contributed by atoms with van der Waals surface area (Å²) in [6.07, 6.45) is 5.43. The molecule has 7 nitrogen and oxygen atoms in total. The van der Waals surface area contributed by atoms with Gasteiger partial charge >= 0.3 is 0 Å². The number of aryl methyl sites for hydroxylation is 1. The summed E-state index contributed by atoms with van der Waals surface area (Å²) < 4.78 is 6.97. The number of carbonyl (C=O) groups is 2. The number of hydrogen-bond acceptors (Lipinski definition) is 4. The summed E-state index contributed by atoms with van der Waals surface area (Å²) in [6.45, 7) is 4.77. The van der Waals surface area contributed by atoms with Crippen molar-refractivity contribution in [1.29, 1.82) is 0 Å². The van der Waals surface area contributed by atoms with E-state index in [1.54, 1.807) is 18.2 Å². The topological polar surface area (TPSA) is 99.2 Å². The molecule has 3 rings (SSSR count). The number of benzene rings is 1. The van der Waals surface area contributed by atoms with Crippen LogP contribution >= 0.6 is 0 Å². The summed E-state index contributed by atoms with van der Waals surface area (Å²) in [7, 11) is 0. The molecule has 0 saturated carbocycles. The molecule has 1 saturated heterocycles. The van der Waals surface area contributed by atoms with Crippen LogP contribution in [-0.2, 0) is 16.1 Å². The van der Waals surface area contributed by atoms with E-state index in [0.29, 0.717) is 23.4 Å². The highest BCUT2D eigenvalue weighted by atomic mass is 16.5. The lowest BCUT2D eigenvalue weighted by atomic mass is 10.2. The molecule has 2 heterocycles. The van der Waals surface area contributed by atoms with Crippen molar-refractivity contribution < 1.29 is 14.3 Å². The number of ether oxygens (including phenoxy) is 1. The van der Waals surface area contributed by atoms with Crippen LogP contribution in [0, 0.1) is 0 Å². The van der Waals surface area contributed by atoms with E-state index in [0.717, 1.165) is 31.7 Å². The number of primary amides is 1. The summed E-state index contributed by atoms with van der Waals surface area (Å²) in [5, 5.41) is 2.55. The van der Waals surface area contributed by atoms with Crippen LogP contribution in [0.15, 0.2) is 18.2 Å². The van der Waals surface area contributed by atoms with Gasteiger partial charge in [-0.15, -0.1) is 0 Å². The van der Waals surface area contributed by atoms with Gasteiger partial charge in [-0.05, 0) is 43.9 Å². The predicted molar refractivity (Wildman–Crippen MR) is 92.9 cm³/mol. The van der Waals surface area contributed by atoms with Crippen molar-refractivity contribution in [1.82, 2.24) is 9.55 Å². The van der Waals surface area contributed by atoms with Crippen LogP contribution in [0.4, 0.5) is 5.95 Å². The molecule has 0 unspecified atom stereocenters. The second kappa shape index (κ2) is 9.02. The number of nitrogens with one attached hydrogen (secondary N) is 1. The van der Waals surface area contributed by atoms with Gasteiger partial charge in [0.1, 0.15) is 0 Å². The smallest absolute Gasteiger partial charge is 0.248 e. The van der Waals surface area contributed by atoms with E-state index < -0.39 is 5.91 Å². The molecule has 1 aromatic carbocycles. The van der Waals surface area contributed by atoms with Crippen LogP contribution in [-0.4, -0.2) is 35.1 Å². The van der Waals surface area contributed by atoms with E-state index in [9.17, 15) is 9.59 Å². The maximum atomic E-state index is 11.1. The van der Waals surface area contributed by atoms with Crippen LogP contribution in [0.25, 0.3) is 11.0 Å². The highest BCUT2D eigenvalue weighted by molar-refractivity contribution is 5.96. The molecule has 2 aromatic rings. The normalized spacial score (nSPS) is 13.9. The van der Waals surface area contributed by atoms with Crippen LogP contribution in [0.5, 0.6) is 0 Å². The lowest BCUT2D eigenvalue weighted by Crippen LogP contribution is -2.10. The Morgan fingerprint density at radius 2 is 2.12 bits per heavy atom. The Morgan fingerprint density at radius 1 is 1.38 bits per heavy atom. The number of amides is 2. The van der Waals surface area contributed by atoms with E-state index in [1.165, 1.54) is 19.3 Å². The third-order valence-electron chi connectivity index (χ3n) is 3.75. The van der Waals surface area contributed by atoms with Gasteiger partial charge in [-0.2, -0.15) is 0 Å². The van der Waals surface area contributed by atoms with Crippen molar-refractivity contribution in [2.75, 3.05) is 18.5 Å². The zero-order valence-electron chi connectivity index (χ0n) is 14.0. The molecule has 1 aliphatic rings. The molecule has 7 heteroatoms. The molecule has 0 atom stereocenters. The Kier molecular flexibility index (Phi) is 6.74. The first-order valence-corrected chi connectivity index (χ1v) is 8.25.